The maximum atomic E-state index is 12.9. The Kier molecular flexibility index (Phi) is 6.14. The van der Waals surface area contributed by atoms with E-state index >= 15 is 0 Å². The fourth-order valence-electron chi connectivity index (χ4n) is 3.24. The van der Waals surface area contributed by atoms with Gasteiger partial charge in [-0.25, -0.2) is 17.9 Å². The molecule has 0 aromatic heterocycles. The van der Waals surface area contributed by atoms with Gasteiger partial charge in [-0.3, -0.25) is 14.5 Å². The Labute approximate surface area is 180 Å². The first-order valence-corrected chi connectivity index (χ1v) is 11.1. The van der Waals surface area contributed by atoms with Gasteiger partial charge in [-0.15, -0.1) is 0 Å². The number of rotatable bonds is 6. The molecule has 2 N–H and O–H groups in total. The number of para-hydroxylation sites is 2. The number of hydrogen-bond acceptors (Lipinski definition) is 6. The molecule has 0 fully saturated rings. The highest BCUT2D eigenvalue weighted by Gasteiger charge is 2.43. The van der Waals surface area contributed by atoms with Crippen LogP contribution in [0.25, 0.3) is 0 Å². The van der Waals surface area contributed by atoms with E-state index in [-0.39, 0.29) is 22.9 Å². The van der Waals surface area contributed by atoms with E-state index in [0.717, 1.165) is 0 Å². The van der Waals surface area contributed by atoms with Crippen molar-refractivity contribution in [1.82, 2.24) is 4.72 Å². The van der Waals surface area contributed by atoms with Crippen molar-refractivity contribution in [3.8, 4) is 0 Å². The summed E-state index contributed by atoms with van der Waals surface area (Å²) in [4.78, 5) is 39.1. The number of carbonyl (C=O) groups excluding carboxylic acids is 3. The topological polar surface area (TPSA) is 122 Å². The summed E-state index contributed by atoms with van der Waals surface area (Å²) < 4.78 is 31.8. The van der Waals surface area contributed by atoms with Crippen LogP contribution >= 0.6 is 0 Å². The molecule has 3 rings (SSSR count). The van der Waals surface area contributed by atoms with E-state index in [2.05, 4.69) is 10.0 Å². The van der Waals surface area contributed by atoms with Gasteiger partial charge in [-0.2, -0.15) is 0 Å². The summed E-state index contributed by atoms with van der Waals surface area (Å²) in [6, 6.07) is 12.2. The lowest BCUT2D eigenvalue weighted by Crippen LogP contribution is -2.59. The minimum Gasteiger partial charge on any atom is -0.452 e. The molecule has 9 nitrogen and oxygen atoms in total. The van der Waals surface area contributed by atoms with E-state index in [1.165, 1.54) is 29.2 Å². The van der Waals surface area contributed by atoms with Crippen molar-refractivity contribution in [1.29, 1.82) is 0 Å². The van der Waals surface area contributed by atoms with Crippen molar-refractivity contribution in [3.63, 3.8) is 0 Å². The van der Waals surface area contributed by atoms with Crippen LogP contribution in [0.1, 0.15) is 31.1 Å². The van der Waals surface area contributed by atoms with Crippen LogP contribution in [0.3, 0.4) is 0 Å². The van der Waals surface area contributed by atoms with Crippen molar-refractivity contribution in [2.75, 3.05) is 23.4 Å². The molecule has 0 atom stereocenters. The lowest BCUT2D eigenvalue weighted by molar-refractivity contribution is -0.128. The van der Waals surface area contributed by atoms with Crippen LogP contribution in [-0.4, -0.2) is 44.9 Å². The first kappa shape index (κ1) is 22.4. The lowest BCUT2D eigenvalue weighted by Gasteiger charge is -2.41. The van der Waals surface area contributed by atoms with Gasteiger partial charge in [-0.1, -0.05) is 25.1 Å². The van der Waals surface area contributed by atoms with Gasteiger partial charge in [0.25, 0.3) is 5.91 Å². The Hall–Kier alpha value is -3.24. The SMILES string of the molecule is CCNS(=O)(=O)c1cccc(C(=O)OCC(=O)N2c3ccccc3NC(=O)C2(C)C)c1. The van der Waals surface area contributed by atoms with Crippen molar-refractivity contribution < 1.29 is 27.5 Å². The number of anilines is 2. The summed E-state index contributed by atoms with van der Waals surface area (Å²) in [5.74, 6) is -1.81. The van der Waals surface area contributed by atoms with Crippen LogP contribution in [0.2, 0.25) is 0 Å². The first-order chi connectivity index (χ1) is 14.6. The molecule has 0 unspecified atom stereocenters. The van der Waals surface area contributed by atoms with Crippen molar-refractivity contribution in [2.24, 2.45) is 0 Å². The lowest BCUT2D eigenvalue weighted by atomic mass is 9.96. The third-order valence-corrected chi connectivity index (χ3v) is 6.34. The number of nitrogens with one attached hydrogen (secondary N) is 2. The highest BCUT2D eigenvalue weighted by molar-refractivity contribution is 7.89. The van der Waals surface area contributed by atoms with E-state index in [1.54, 1.807) is 45.0 Å². The number of amides is 2. The third kappa shape index (κ3) is 4.44. The summed E-state index contributed by atoms with van der Waals surface area (Å²) >= 11 is 0. The Bertz CT molecular complexity index is 1140. The van der Waals surface area contributed by atoms with Gasteiger partial charge in [0, 0.05) is 6.54 Å². The molecule has 0 radical (unpaired) electrons. The fraction of sp³-hybridized carbons (Fsp3) is 0.286. The van der Waals surface area contributed by atoms with Crippen LogP contribution in [0.15, 0.2) is 53.4 Å². The minimum atomic E-state index is -3.75. The second-order valence-corrected chi connectivity index (χ2v) is 9.13. The molecule has 2 aromatic rings. The van der Waals surface area contributed by atoms with E-state index < -0.39 is 34.0 Å². The third-order valence-electron chi connectivity index (χ3n) is 4.80. The van der Waals surface area contributed by atoms with Gasteiger partial charge >= 0.3 is 5.97 Å². The molecule has 0 spiro atoms. The molecular formula is C21H23N3O6S. The standard InChI is InChI=1S/C21H23N3O6S/c1-4-22-31(28,29)15-9-7-8-14(12-15)19(26)30-13-18(25)24-17-11-6-5-10-16(17)23-20(27)21(24,2)3/h5-12,22H,4,13H2,1-3H3,(H,23,27). The zero-order chi connectivity index (χ0) is 22.8. The maximum Gasteiger partial charge on any atom is 0.338 e. The highest BCUT2D eigenvalue weighted by Crippen LogP contribution is 2.36. The average molecular weight is 445 g/mol. The predicted octanol–water partition coefficient (Wildman–Crippen LogP) is 1.91. The monoisotopic (exact) mass is 445 g/mol. The Morgan fingerprint density at radius 3 is 2.55 bits per heavy atom. The van der Waals surface area contributed by atoms with Gasteiger partial charge in [0.1, 0.15) is 5.54 Å². The summed E-state index contributed by atoms with van der Waals surface area (Å²) in [5.41, 5.74) is -0.236. The maximum absolute atomic E-state index is 12.9. The number of carbonyl (C=O) groups is 3. The second-order valence-electron chi connectivity index (χ2n) is 7.36. The van der Waals surface area contributed by atoms with Crippen molar-refractivity contribution in [2.45, 2.75) is 31.2 Å². The number of hydrogen-bond donors (Lipinski definition) is 2. The number of esters is 1. The molecule has 2 aromatic carbocycles. The number of benzene rings is 2. The van der Waals surface area contributed by atoms with E-state index in [1.807, 2.05) is 0 Å². The Balaban J connectivity index is 1.78. The van der Waals surface area contributed by atoms with Gasteiger partial charge in [0.05, 0.1) is 21.8 Å². The summed E-state index contributed by atoms with van der Waals surface area (Å²) in [7, 11) is -3.75. The van der Waals surface area contributed by atoms with Crippen LogP contribution in [0.5, 0.6) is 0 Å². The number of fused-ring (bicyclic) bond motifs is 1. The van der Waals surface area contributed by atoms with E-state index in [0.29, 0.717) is 11.4 Å². The second kappa shape index (κ2) is 8.48. The largest absolute Gasteiger partial charge is 0.452 e. The van der Waals surface area contributed by atoms with Gasteiger partial charge in [0.2, 0.25) is 15.9 Å². The van der Waals surface area contributed by atoms with Crippen LogP contribution in [0.4, 0.5) is 11.4 Å². The molecule has 2 amide bonds. The van der Waals surface area contributed by atoms with E-state index in [4.69, 9.17) is 4.74 Å². The zero-order valence-electron chi connectivity index (χ0n) is 17.3. The average Bonchev–Trinajstić information content (AvgIpc) is 2.72. The molecule has 0 saturated heterocycles. The summed E-state index contributed by atoms with van der Waals surface area (Å²) in [6.07, 6.45) is 0. The molecule has 10 heteroatoms. The first-order valence-electron chi connectivity index (χ1n) is 9.58. The molecule has 1 aliphatic rings. The normalized spacial score (nSPS) is 15.1. The molecule has 0 saturated carbocycles. The van der Waals surface area contributed by atoms with Crippen molar-refractivity contribution >= 4 is 39.2 Å². The van der Waals surface area contributed by atoms with E-state index in [9.17, 15) is 22.8 Å². The fourth-order valence-corrected chi connectivity index (χ4v) is 4.32. The number of sulfonamides is 1. The summed E-state index contributed by atoms with van der Waals surface area (Å²) in [6.45, 7) is 4.40. The summed E-state index contributed by atoms with van der Waals surface area (Å²) in [5, 5.41) is 2.75. The molecule has 1 heterocycles. The Morgan fingerprint density at radius 1 is 1.13 bits per heavy atom. The predicted molar refractivity (Wildman–Crippen MR) is 114 cm³/mol. The van der Waals surface area contributed by atoms with Crippen LogP contribution in [-0.2, 0) is 24.3 Å². The van der Waals surface area contributed by atoms with Gasteiger partial charge in [0.15, 0.2) is 6.61 Å². The highest BCUT2D eigenvalue weighted by atomic mass is 32.2. The van der Waals surface area contributed by atoms with Gasteiger partial charge in [-0.05, 0) is 44.2 Å². The van der Waals surface area contributed by atoms with Gasteiger partial charge < -0.3 is 10.1 Å². The molecule has 164 valence electrons. The van der Waals surface area contributed by atoms with Crippen molar-refractivity contribution in [3.05, 3.63) is 54.1 Å². The Morgan fingerprint density at radius 2 is 1.84 bits per heavy atom. The van der Waals surface area contributed by atoms with Crippen LogP contribution < -0.4 is 14.9 Å². The molecular weight excluding hydrogens is 422 g/mol. The molecule has 1 aliphatic heterocycles. The van der Waals surface area contributed by atoms with Crippen LogP contribution in [0, 0.1) is 0 Å². The zero-order valence-corrected chi connectivity index (χ0v) is 18.2. The molecule has 0 bridgehead atoms. The minimum absolute atomic E-state index is 0.0113. The molecule has 31 heavy (non-hydrogen) atoms. The molecule has 0 aliphatic carbocycles. The quantitative estimate of drug-likeness (QED) is 0.655. The smallest absolute Gasteiger partial charge is 0.338 e. The number of nitrogens with zero attached hydrogens (tertiary/aromatic N) is 1. The number of ether oxygens (including phenoxy) is 1.